The van der Waals surface area contributed by atoms with Gasteiger partial charge in [-0.15, -0.1) is 0 Å². The summed E-state index contributed by atoms with van der Waals surface area (Å²) in [5.41, 5.74) is 1.94. The molecule has 100 valence electrons. The summed E-state index contributed by atoms with van der Waals surface area (Å²) in [5.74, 6) is 1.79. The quantitative estimate of drug-likeness (QED) is 0.867. The molecule has 0 radical (unpaired) electrons. The zero-order valence-electron chi connectivity index (χ0n) is 11.2. The van der Waals surface area contributed by atoms with Gasteiger partial charge in [-0.3, -0.25) is 4.79 Å². The minimum atomic E-state index is -0.0591. The van der Waals surface area contributed by atoms with E-state index in [0.29, 0.717) is 6.54 Å². The first-order valence-corrected chi connectivity index (χ1v) is 6.26. The fraction of sp³-hybridized carbons (Fsp3) is 0.267. The maximum absolute atomic E-state index is 11.0. The maximum atomic E-state index is 11.0. The third-order valence-corrected chi connectivity index (χ3v) is 2.67. The van der Waals surface area contributed by atoms with Crippen molar-refractivity contribution < 1.29 is 9.21 Å². The monoisotopic (exact) mass is 258 g/mol. The van der Waals surface area contributed by atoms with Gasteiger partial charge in [0.2, 0.25) is 5.91 Å². The normalized spacial score (nSPS) is 10.4. The van der Waals surface area contributed by atoms with Crippen LogP contribution in [0.4, 0.5) is 5.69 Å². The molecule has 0 fully saturated rings. The second-order valence-corrected chi connectivity index (χ2v) is 4.50. The Balaban J connectivity index is 1.87. The third kappa shape index (κ3) is 4.26. The molecule has 0 atom stereocenters. The molecule has 2 rings (SSSR count). The van der Waals surface area contributed by atoms with Crippen molar-refractivity contribution in [3.8, 4) is 0 Å². The van der Waals surface area contributed by atoms with Gasteiger partial charge in [-0.05, 0) is 36.8 Å². The van der Waals surface area contributed by atoms with E-state index in [0.717, 1.165) is 29.3 Å². The van der Waals surface area contributed by atoms with Gasteiger partial charge < -0.3 is 15.1 Å². The van der Waals surface area contributed by atoms with Crippen molar-refractivity contribution in [2.75, 3.05) is 5.32 Å². The van der Waals surface area contributed by atoms with Crippen LogP contribution in [0.3, 0.4) is 0 Å². The van der Waals surface area contributed by atoms with Crippen molar-refractivity contribution in [3.63, 3.8) is 0 Å². The number of carbonyl (C=O) groups excluding carboxylic acids is 1. The molecule has 0 aliphatic heterocycles. The number of hydrogen-bond donors (Lipinski definition) is 2. The molecule has 1 aromatic heterocycles. The number of hydrogen-bond acceptors (Lipinski definition) is 3. The van der Waals surface area contributed by atoms with Gasteiger partial charge in [0.1, 0.15) is 11.5 Å². The first-order valence-electron chi connectivity index (χ1n) is 6.26. The average molecular weight is 258 g/mol. The number of aryl methyl sites for hydroxylation is 1. The molecule has 0 spiro atoms. The molecular formula is C15H18N2O2. The second-order valence-electron chi connectivity index (χ2n) is 4.50. The summed E-state index contributed by atoms with van der Waals surface area (Å²) in [6.45, 7) is 4.86. The maximum Gasteiger partial charge on any atom is 0.221 e. The topological polar surface area (TPSA) is 54.3 Å². The van der Waals surface area contributed by atoms with E-state index in [4.69, 9.17) is 4.42 Å². The summed E-state index contributed by atoms with van der Waals surface area (Å²) in [7, 11) is 0. The Morgan fingerprint density at radius 2 is 2.05 bits per heavy atom. The molecule has 1 amide bonds. The predicted molar refractivity (Wildman–Crippen MR) is 74.7 cm³/mol. The van der Waals surface area contributed by atoms with Gasteiger partial charge in [-0.25, -0.2) is 0 Å². The summed E-state index contributed by atoms with van der Waals surface area (Å²) in [5, 5.41) is 6.08. The Bertz CT molecular complexity index is 561. The van der Waals surface area contributed by atoms with Crippen LogP contribution in [0, 0.1) is 6.92 Å². The van der Waals surface area contributed by atoms with E-state index >= 15 is 0 Å². The molecule has 0 aliphatic carbocycles. The lowest BCUT2D eigenvalue weighted by Gasteiger charge is -2.06. The highest BCUT2D eigenvalue weighted by Gasteiger charge is 2.00. The molecule has 0 bridgehead atoms. The van der Waals surface area contributed by atoms with E-state index in [1.807, 2.05) is 43.3 Å². The molecule has 0 saturated heterocycles. The molecule has 4 nitrogen and oxygen atoms in total. The van der Waals surface area contributed by atoms with Crippen LogP contribution in [-0.2, 0) is 17.9 Å². The standard InChI is InChI=1S/C15H18N2O2/c1-11-6-7-15(19-11)10-16-9-13-4-3-5-14(8-13)17-12(2)18/h3-8,16H,9-10H2,1-2H3,(H,17,18). The van der Waals surface area contributed by atoms with E-state index in [1.165, 1.54) is 6.92 Å². The average Bonchev–Trinajstić information content (AvgIpc) is 2.75. The van der Waals surface area contributed by atoms with Crippen molar-refractivity contribution >= 4 is 11.6 Å². The molecule has 1 heterocycles. The number of carbonyl (C=O) groups is 1. The highest BCUT2D eigenvalue weighted by atomic mass is 16.3. The second kappa shape index (κ2) is 6.20. The van der Waals surface area contributed by atoms with Gasteiger partial charge in [0.15, 0.2) is 0 Å². The van der Waals surface area contributed by atoms with Crippen molar-refractivity contribution in [2.24, 2.45) is 0 Å². The first kappa shape index (κ1) is 13.4. The van der Waals surface area contributed by atoms with Crippen LogP contribution in [0.2, 0.25) is 0 Å². The Hall–Kier alpha value is -2.07. The van der Waals surface area contributed by atoms with E-state index in [-0.39, 0.29) is 5.91 Å². The molecule has 0 aliphatic rings. The smallest absolute Gasteiger partial charge is 0.221 e. The summed E-state index contributed by atoms with van der Waals surface area (Å²) >= 11 is 0. The van der Waals surface area contributed by atoms with Crippen LogP contribution in [-0.4, -0.2) is 5.91 Å². The van der Waals surface area contributed by atoms with Crippen molar-refractivity contribution in [3.05, 3.63) is 53.5 Å². The number of furan rings is 1. The SMILES string of the molecule is CC(=O)Nc1cccc(CNCc2ccc(C)o2)c1. The van der Waals surface area contributed by atoms with Gasteiger partial charge in [0.25, 0.3) is 0 Å². The van der Waals surface area contributed by atoms with E-state index in [2.05, 4.69) is 10.6 Å². The van der Waals surface area contributed by atoms with E-state index in [1.54, 1.807) is 0 Å². The Kier molecular flexibility index (Phi) is 4.36. The molecule has 0 saturated carbocycles. The van der Waals surface area contributed by atoms with Crippen LogP contribution in [0.1, 0.15) is 24.0 Å². The van der Waals surface area contributed by atoms with Crippen LogP contribution >= 0.6 is 0 Å². The molecule has 0 unspecified atom stereocenters. The number of benzene rings is 1. The largest absolute Gasteiger partial charge is 0.465 e. The fourth-order valence-corrected chi connectivity index (χ4v) is 1.87. The number of nitrogens with one attached hydrogen (secondary N) is 2. The number of amides is 1. The van der Waals surface area contributed by atoms with Crippen molar-refractivity contribution in [2.45, 2.75) is 26.9 Å². The molecule has 2 N–H and O–H groups in total. The van der Waals surface area contributed by atoms with Crippen molar-refractivity contribution in [1.82, 2.24) is 5.32 Å². The summed E-state index contributed by atoms with van der Waals surface area (Å²) < 4.78 is 5.48. The fourth-order valence-electron chi connectivity index (χ4n) is 1.87. The molecule has 2 aromatic rings. The van der Waals surface area contributed by atoms with Crippen LogP contribution in [0.15, 0.2) is 40.8 Å². The predicted octanol–water partition coefficient (Wildman–Crippen LogP) is 2.84. The van der Waals surface area contributed by atoms with Crippen LogP contribution in [0.5, 0.6) is 0 Å². The highest BCUT2D eigenvalue weighted by molar-refractivity contribution is 5.88. The van der Waals surface area contributed by atoms with Gasteiger partial charge in [0.05, 0.1) is 6.54 Å². The highest BCUT2D eigenvalue weighted by Crippen LogP contribution is 2.11. The van der Waals surface area contributed by atoms with Gasteiger partial charge >= 0.3 is 0 Å². The zero-order chi connectivity index (χ0) is 13.7. The minimum absolute atomic E-state index is 0.0591. The number of anilines is 1. The lowest BCUT2D eigenvalue weighted by atomic mass is 10.2. The van der Waals surface area contributed by atoms with Gasteiger partial charge in [0, 0.05) is 19.2 Å². The Morgan fingerprint density at radius 3 is 2.74 bits per heavy atom. The molecular weight excluding hydrogens is 240 g/mol. The molecule has 4 heteroatoms. The van der Waals surface area contributed by atoms with E-state index in [9.17, 15) is 4.79 Å². The van der Waals surface area contributed by atoms with Crippen LogP contribution < -0.4 is 10.6 Å². The van der Waals surface area contributed by atoms with E-state index < -0.39 is 0 Å². The lowest BCUT2D eigenvalue weighted by molar-refractivity contribution is -0.114. The lowest BCUT2D eigenvalue weighted by Crippen LogP contribution is -2.12. The van der Waals surface area contributed by atoms with Crippen LogP contribution in [0.25, 0.3) is 0 Å². The zero-order valence-corrected chi connectivity index (χ0v) is 11.2. The minimum Gasteiger partial charge on any atom is -0.465 e. The Labute approximate surface area is 112 Å². The summed E-state index contributed by atoms with van der Waals surface area (Å²) in [4.78, 5) is 11.0. The van der Waals surface area contributed by atoms with Crippen molar-refractivity contribution in [1.29, 1.82) is 0 Å². The molecule has 1 aromatic carbocycles. The first-order chi connectivity index (χ1) is 9.13. The van der Waals surface area contributed by atoms with Gasteiger partial charge in [-0.2, -0.15) is 0 Å². The molecule has 19 heavy (non-hydrogen) atoms. The summed E-state index contributed by atoms with van der Waals surface area (Å²) in [6.07, 6.45) is 0. The Morgan fingerprint density at radius 1 is 1.21 bits per heavy atom. The number of rotatable bonds is 5. The summed E-state index contributed by atoms with van der Waals surface area (Å²) in [6, 6.07) is 11.7. The van der Waals surface area contributed by atoms with Gasteiger partial charge in [-0.1, -0.05) is 12.1 Å². The third-order valence-electron chi connectivity index (χ3n) is 2.67.